The minimum absolute atomic E-state index is 0.425. The van der Waals surface area contributed by atoms with Crippen LogP contribution in [-0.2, 0) is 4.74 Å². The van der Waals surface area contributed by atoms with Crippen molar-refractivity contribution in [1.82, 2.24) is 0 Å². The minimum atomic E-state index is -0.534. The Labute approximate surface area is 116 Å². The van der Waals surface area contributed by atoms with Crippen molar-refractivity contribution in [2.45, 2.75) is 32.8 Å². The molecule has 0 radical (unpaired) electrons. The predicted octanol–water partition coefficient (Wildman–Crippen LogP) is 4.32. The topological polar surface area (TPSA) is 42.7 Å². The van der Waals surface area contributed by atoms with E-state index in [1.807, 2.05) is 20.8 Å². The molecule has 1 aromatic rings. The molecule has 0 aliphatic heterocycles. The lowest BCUT2D eigenvalue weighted by Gasteiger charge is -2.25. The van der Waals surface area contributed by atoms with Crippen LogP contribution in [-0.4, -0.2) is 18.2 Å². The van der Waals surface area contributed by atoms with Gasteiger partial charge in [-0.1, -0.05) is 22.5 Å². The average molecular weight is 316 g/mol. The normalized spacial score (nSPS) is 11.1. The van der Waals surface area contributed by atoms with Crippen molar-refractivity contribution in [1.29, 1.82) is 0 Å². The van der Waals surface area contributed by atoms with Crippen LogP contribution in [0.5, 0.6) is 0 Å². The van der Waals surface area contributed by atoms with Gasteiger partial charge in [0, 0.05) is 12.6 Å². The molecule has 0 saturated heterocycles. The smallest absolute Gasteiger partial charge is 0.417 e. The number of nitrogens with zero attached hydrogens (tertiary/aromatic N) is 1. The van der Waals surface area contributed by atoms with E-state index in [1.54, 1.807) is 12.1 Å². The van der Waals surface area contributed by atoms with Gasteiger partial charge in [0.15, 0.2) is 0 Å². The lowest BCUT2D eigenvalue weighted by Crippen LogP contribution is -2.37. The van der Waals surface area contributed by atoms with E-state index >= 15 is 0 Å². The summed E-state index contributed by atoms with van der Waals surface area (Å²) in [5.74, 6) is 0.470. The van der Waals surface area contributed by atoms with Crippen molar-refractivity contribution >= 4 is 27.9 Å². The van der Waals surface area contributed by atoms with E-state index < -0.39 is 11.7 Å². The summed E-state index contributed by atoms with van der Waals surface area (Å²) in [7, 11) is 0. The number of rotatable bonds is 4. The Morgan fingerprint density at radius 1 is 1.56 bits per heavy atom. The van der Waals surface area contributed by atoms with E-state index in [2.05, 4.69) is 22.5 Å². The number of carbonyl (C=O) groups excluding carboxylic acids is 1. The number of furan rings is 1. The van der Waals surface area contributed by atoms with E-state index in [-0.39, 0.29) is 0 Å². The molecule has 18 heavy (non-hydrogen) atoms. The van der Waals surface area contributed by atoms with Crippen LogP contribution in [0.15, 0.2) is 33.9 Å². The van der Waals surface area contributed by atoms with Crippen molar-refractivity contribution in [3.63, 3.8) is 0 Å². The van der Waals surface area contributed by atoms with Crippen LogP contribution in [0.2, 0.25) is 0 Å². The van der Waals surface area contributed by atoms with Gasteiger partial charge in [0.2, 0.25) is 5.88 Å². The molecule has 1 heterocycles. The minimum Gasteiger partial charge on any atom is -0.448 e. The van der Waals surface area contributed by atoms with Gasteiger partial charge in [-0.05, 0) is 37.7 Å². The Kier molecular flexibility index (Phi) is 5.02. The second kappa shape index (κ2) is 6.09. The van der Waals surface area contributed by atoms with E-state index in [1.165, 1.54) is 11.2 Å². The molecule has 0 saturated carbocycles. The first-order chi connectivity index (χ1) is 8.29. The van der Waals surface area contributed by atoms with E-state index in [9.17, 15) is 4.79 Å². The van der Waals surface area contributed by atoms with Crippen LogP contribution in [0.1, 0.15) is 27.2 Å². The zero-order chi connectivity index (χ0) is 13.8. The Bertz CT molecular complexity index is 406. The largest absolute Gasteiger partial charge is 0.448 e. The highest BCUT2D eigenvalue weighted by Crippen LogP contribution is 2.20. The van der Waals surface area contributed by atoms with Gasteiger partial charge in [-0.15, -0.1) is 0 Å². The molecule has 100 valence electrons. The summed E-state index contributed by atoms with van der Waals surface area (Å²) in [5.41, 5.74) is -0.534. The molecule has 0 aliphatic carbocycles. The maximum absolute atomic E-state index is 12.1. The summed E-state index contributed by atoms with van der Waals surface area (Å²) in [4.78, 5) is 13.5. The molecule has 4 nitrogen and oxygen atoms in total. The molecule has 0 aliphatic rings. The van der Waals surface area contributed by atoms with Gasteiger partial charge in [0.05, 0.1) is 6.26 Å². The molecule has 1 aromatic heterocycles. The van der Waals surface area contributed by atoms with Gasteiger partial charge < -0.3 is 9.15 Å². The van der Waals surface area contributed by atoms with Gasteiger partial charge in [-0.2, -0.15) is 0 Å². The first kappa shape index (κ1) is 14.8. The summed E-state index contributed by atoms with van der Waals surface area (Å²) < 4.78 is 11.4. The highest BCUT2D eigenvalue weighted by atomic mass is 79.9. The highest BCUT2D eigenvalue weighted by Gasteiger charge is 2.24. The zero-order valence-corrected chi connectivity index (χ0v) is 12.5. The maximum Gasteiger partial charge on any atom is 0.417 e. The maximum atomic E-state index is 12.1. The molecule has 1 rings (SSSR count). The Balaban J connectivity index is 2.77. The summed E-state index contributed by atoms with van der Waals surface area (Å²) in [6.07, 6.45) is 1.72. The summed E-state index contributed by atoms with van der Waals surface area (Å²) in [6.45, 7) is 9.68. The SMILES string of the molecule is C=C(Br)CCN(C(=O)OC(C)(C)C)c1ccco1. The predicted molar refractivity (Wildman–Crippen MR) is 75.0 cm³/mol. The lowest BCUT2D eigenvalue weighted by molar-refractivity contribution is 0.0575. The van der Waals surface area contributed by atoms with Crippen LogP contribution in [0.25, 0.3) is 0 Å². The number of ether oxygens (including phenoxy) is 1. The molecule has 0 N–H and O–H groups in total. The number of amides is 1. The fraction of sp³-hybridized carbons (Fsp3) is 0.462. The molecular formula is C13H18BrNO3. The first-order valence-corrected chi connectivity index (χ1v) is 6.46. The lowest BCUT2D eigenvalue weighted by atomic mass is 10.2. The molecule has 0 unspecified atom stereocenters. The second-order valence-corrected chi connectivity index (χ2v) is 5.97. The summed E-state index contributed by atoms with van der Waals surface area (Å²) >= 11 is 3.27. The van der Waals surface area contributed by atoms with Crippen LogP contribution < -0.4 is 4.90 Å². The number of hydrogen-bond acceptors (Lipinski definition) is 3. The number of carbonyl (C=O) groups is 1. The number of anilines is 1. The monoisotopic (exact) mass is 315 g/mol. The van der Waals surface area contributed by atoms with Crippen molar-refractivity contribution < 1.29 is 13.9 Å². The zero-order valence-electron chi connectivity index (χ0n) is 10.9. The van der Waals surface area contributed by atoms with Crippen molar-refractivity contribution in [2.24, 2.45) is 0 Å². The molecular weight excluding hydrogens is 298 g/mol. The fourth-order valence-electron chi connectivity index (χ4n) is 1.27. The third-order valence-corrected chi connectivity index (χ3v) is 2.39. The van der Waals surface area contributed by atoms with E-state index in [0.29, 0.717) is 18.8 Å². The highest BCUT2D eigenvalue weighted by molar-refractivity contribution is 9.11. The quantitative estimate of drug-likeness (QED) is 0.831. The van der Waals surface area contributed by atoms with Crippen molar-refractivity contribution in [2.75, 3.05) is 11.4 Å². The van der Waals surface area contributed by atoms with Gasteiger partial charge in [-0.3, -0.25) is 0 Å². The molecule has 5 heteroatoms. The molecule has 1 amide bonds. The van der Waals surface area contributed by atoms with Crippen LogP contribution >= 0.6 is 15.9 Å². The van der Waals surface area contributed by atoms with Gasteiger partial charge >= 0.3 is 6.09 Å². The number of halogens is 1. The molecule has 0 bridgehead atoms. The average Bonchev–Trinajstić information content (AvgIpc) is 2.67. The van der Waals surface area contributed by atoms with Crippen molar-refractivity contribution in [3.05, 3.63) is 29.5 Å². The third-order valence-electron chi connectivity index (χ3n) is 1.99. The third kappa shape index (κ3) is 4.96. The first-order valence-electron chi connectivity index (χ1n) is 5.67. The van der Waals surface area contributed by atoms with Crippen LogP contribution in [0, 0.1) is 0 Å². The summed E-state index contributed by atoms with van der Waals surface area (Å²) in [6, 6.07) is 3.45. The molecule has 0 spiro atoms. The van der Waals surface area contributed by atoms with Crippen molar-refractivity contribution in [3.8, 4) is 0 Å². The van der Waals surface area contributed by atoms with Gasteiger partial charge in [-0.25, -0.2) is 9.69 Å². The standard InChI is InChI=1S/C13H18BrNO3/c1-10(14)7-8-15(11-6-5-9-17-11)12(16)18-13(2,3)4/h5-6,9H,1,7-8H2,2-4H3. The second-order valence-electron chi connectivity index (χ2n) is 4.85. The molecule has 0 aromatic carbocycles. The fourth-order valence-corrected chi connectivity index (χ4v) is 1.44. The Morgan fingerprint density at radius 2 is 2.22 bits per heavy atom. The Morgan fingerprint density at radius 3 is 2.67 bits per heavy atom. The van der Waals surface area contributed by atoms with E-state index in [4.69, 9.17) is 9.15 Å². The van der Waals surface area contributed by atoms with E-state index in [0.717, 1.165) is 4.48 Å². The van der Waals surface area contributed by atoms with Crippen LogP contribution in [0.4, 0.5) is 10.7 Å². The molecule has 0 fully saturated rings. The van der Waals surface area contributed by atoms with Gasteiger partial charge in [0.25, 0.3) is 0 Å². The number of hydrogen-bond donors (Lipinski definition) is 0. The summed E-state index contributed by atoms with van der Waals surface area (Å²) in [5, 5.41) is 0. The Hall–Kier alpha value is -1.23. The molecule has 0 atom stereocenters. The van der Waals surface area contributed by atoms with Gasteiger partial charge in [0.1, 0.15) is 5.60 Å². The van der Waals surface area contributed by atoms with Crippen LogP contribution in [0.3, 0.4) is 0 Å².